The molecule has 0 aromatic rings. The predicted molar refractivity (Wildman–Crippen MR) is 72.3 cm³/mol. The van der Waals surface area contributed by atoms with Crippen LogP contribution >= 0.6 is 11.8 Å². The van der Waals surface area contributed by atoms with Gasteiger partial charge in [-0.3, -0.25) is 9.79 Å². The average molecular weight is 255 g/mol. The van der Waals surface area contributed by atoms with Crippen molar-refractivity contribution >= 4 is 22.8 Å². The molecule has 3 atom stereocenters. The topological polar surface area (TPSA) is 44.7 Å². The molecule has 4 nitrogen and oxygen atoms in total. The summed E-state index contributed by atoms with van der Waals surface area (Å²) >= 11 is 1.77. The molecule has 2 rings (SSSR count). The van der Waals surface area contributed by atoms with E-state index in [1.807, 2.05) is 6.92 Å². The first kappa shape index (κ1) is 12.7. The van der Waals surface area contributed by atoms with Crippen LogP contribution in [-0.2, 0) is 4.79 Å². The molecular weight excluding hydrogens is 234 g/mol. The maximum absolute atomic E-state index is 11.7. The van der Waals surface area contributed by atoms with Gasteiger partial charge in [-0.25, -0.2) is 0 Å². The first-order chi connectivity index (χ1) is 8.08. The molecule has 5 heteroatoms. The summed E-state index contributed by atoms with van der Waals surface area (Å²) in [4.78, 5) is 18.1. The highest BCUT2D eigenvalue weighted by Gasteiger charge is 2.31. The number of nitrogens with zero attached hydrogens (tertiary/aromatic N) is 2. The van der Waals surface area contributed by atoms with Crippen molar-refractivity contribution in [2.45, 2.75) is 38.3 Å². The molecule has 96 valence electrons. The molecule has 1 heterocycles. The lowest BCUT2D eigenvalue weighted by Crippen LogP contribution is -2.44. The van der Waals surface area contributed by atoms with Gasteiger partial charge in [0, 0.05) is 19.8 Å². The number of hydrogen-bond acceptors (Lipinski definition) is 4. The van der Waals surface area contributed by atoms with E-state index >= 15 is 0 Å². The van der Waals surface area contributed by atoms with Crippen LogP contribution in [0.5, 0.6) is 0 Å². The van der Waals surface area contributed by atoms with Gasteiger partial charge in [0.2, 0.25) is 5.91 Å². The van der Waals surface area contributed by atoms with Crippen LogP contribution in [0, 0.1) is 5.92 Å². The largest absolute Gasteiger partial charge is 0.353 e. The van der Waals surface area contributed by atoms with Gasteiger partial charge in [-0.2, -0.15) is 0 Å². The molecule has 1 fully saturated rings. The van der Waals surface area contributed by atoms with Crippen LogP contribution < -0.4 is 5.32 Å². The Labute approximate surface area is 107 Å². The van der Waals surface area contributed by atoms with Crippen LogP contribution in [0.3, 0.4) is 0 Å². The van der Waals surface area contributed by atoms with Crippen molar-refractivity contribution < 1.29 is 4.79 Å². The molecular formula is C12H21N3OS. The van der Waals surface area contributed by atoms with E-state index in [4.69, 9.17) is 4.99 Å². The van der Waals surface area contributed by atoms with Gasteiger partial charge < -0.3 is 10.2 Å². The van der Waals surface area contributed by atoms with E-state index in [1.54, 1.807) is 30.8 Å². The molecule has 0 aromatic heterocycles. The highest BCUT2D eigenvalue weighted by Crippen LogP contribution is 2.34. The second kappa shape index (κ2) is 5.29. The van der Waals surface area contributed by atoms with Crippen LogP contribution in [0.15, 0.2) is 4.99 Å². The molecule has 0 radical (unpaired) electrons. The molecule has 0 aromatic carbocycles. The number of hydrogen-bond donors (Lipinski definition) is 1. The Morgan fingerprint density at radius 1 is 1.53 bits per heavy atom. The van der Waals surface area contributed by atoms with Crippen LogP contribution in [-0.4, -0.2) is 47.9 Å². The maximum atomic E-state index is 11.7. The van der Waals surface area contributed by atoms with Crippen molar-refractivity contribution in [3.63, 3.8) is 0 Å². The van der Waals surface area contributed by atoms with Crippen LogP contribution in [0.2, 0.25) is 0 Å². The Balaban J connectivity index is 1.93. The zero-order chi connectivity index (χ0) is 12.4. The van der Waals surface area contributed by atoms with Crippen molar-refractivity contribution in [3.8, 4) is 0 Å². The summed E-state index contributed by atoms with van der Waals surface area (Å²) in [5.74, 6) is 2.02. The minimum Gasteiger partial charge on any atom is -0.353 e. The first-order valence-corrected chi connectivity index (χ1v) is 7.25. The number of carbonyl (C=O) groups excluding carboxylic acids is 1. The fourth-order valence-electron chi connectivity index (χ4n) is 2.47. The standard InChI is InChI=1S/C12H21N3OS/c1-8(11(16)15(2)3)13-12-14-10-6-4-5-9(10)7-17-12/h8-10H,4-7H2,1-3H3,(H,13,14). The highest BCUT2D eigenvalue weighted by molar-refractivity contribution is 8.13. The zero-order valence-electron chi connectivity index (χ0n) is 10.8. The minimum absolute atomic E-state index is 0.0989. The van der Waals surface area contributed by atoms with Gasteiger partial charge in [-0.05, 0) is 25.7 Å². The number of carbonyl (C=O) groups is 1. The third-order valence-electron chi connectivity index (χ3n) is 3.49. The molecule has 1 N–H and O–H groups in total. The second-order valence-electron chi connectivity index (χ2n) is 5.10. The molecule has 2 aliphatic rings. The van der Waals surface area contributed by atoms with Crippen molar-refractivity contribution in [2.75, 3.05) is 19.8 Å². The van der Waals surface area contributed by atoms with Crippen molar-refractivity contribution in [2.24, 2.45) is 10.9 Å². The lowest BCUT2D eigenvalue weighted by molar-refractivity contribution is -0.130. The number of amidine groups is 1. The fraction of sp³-hybridized carbons (Fsp3) is 0.833. The summed E-state index contributed by atoms with van der Waals surface area (Å²) in [6.45, 7) is 1.89. The molecule has 1 amide bonds. The normalized spacial score (nSPS) is 29.2. The number of amides is 1. The highest BCUT2D eigenvalue weighted by atomic mass is 32.2. The molecule has 0 spiro atoms. The summed E-state index contributed by atoms with van der Waals surface area (Å²) in [5, 5.41) is 4.19. The van der Waals surface area contributed by atoms with E-state index in [0.29, 0.717) is 6.04 Å². The molecule has 1 aliphatic heterocycles. The van der Waals surface area contributed by atoms with E-state index in [2.05, 4.69) is 5.32 Å². The number of likely N-dealkylation sites (N-methyl/N-ethyl adjacent to an activating group) is 1. The molecule has 1 aliphatic carbocycles. The van der Waals surface area contributed by atoms with Crippen molar-refractivity contribution in [1.82, 2.24) is 10.2 Å². The SMILES string of the molecule is CC(NC1=NC2CCCC2CS1)C(=O)N(C)C. The van der Waals surface area contributed by atoms with Crippen molar-refractivity contribution in [1.29, 1.82) is 0 Å². The lowest BCUT2D eigenvalue weighted by atomic mass is 10.1. The van der Waals surface area contributed by atoms with E-state index in [1.165, 1.54) is 19.3 Å². The molecule has 0 bridgehead atoms. The van der Waals surface area contributed by atoms with Crippen molar-refractivity contribution in [3.05, 3.63) is 0 Å². The third-order valence-corrected chi connectivity index (χ3v) is 4.58. The summed E-state index contributed by atoms with van der Waals surface area (Å²) in [6.07, 6.45) is 3.84. The second-order valence-corrected chi connectivity index (χ2v) is 6.11. The van der Waals surface area contributed by atoms with E-state index < -0.39 is 0 Å². The monoisotopic (exact) mass is 255 g/mol. The van der Waals surface area contributed by atoms with E-state index in [9.17, 15) is 4.79 Å². The van der Waals surface area contributed by atoms with E-state index in [-0.39, 0.29) is 11.9 Å². The molecule has 1 saturated carbocycles. The van der Waals surface area contributed by atoms with Gasteiger partial charge >= 0.3 is 0 Å². The summed E-state index contributed by atoms with van der Waals surface area (Å²) in [7, 11) is 3.56. The van der Waals surface area contributed by atoms with Gasteiger partial charge in [-0.1, -0.05) is 18.2 Å². The number of aliphatic imine (C=N–C) groups is 1. The molecule has 3 unspecified atom stereocenters. The number of nitrogens with one attached hydrogen (secondary N) is 1. The summed E-state index contributed by atoms with van der Waals surface area (Å²) in [6, 6.07) is 0.314. The van der Waals surface area contributed by atoms with Crippen LogP contribution in [0.25, 0.3) is 0 Å². The summed E-state index contributed by atoms with van der Waals surface area (Å²) < 4.78 is 0. The lowest BCUT2D eigenvalue weighted by Gasteiger charge is -2.26. The van der Waals surface area contributed by atoms with Crippen LogP contribution in [0.4, 0.5) is 0 Å². The van der Waals surface area contributed by atoms with E-state index in [0.717, 1.165) is 16.8 Å². The van der Waals surface area contributed by atoms with Gasteiger partial charge in [0.15, 0.2) is 5.17 Å². The van der Waals surface area contributed by atoms with Gasteiger partial charge in [-0.15, -0.1) is 0 Å². The number of thioether (sulfide) groups is 1. The average Bonchev–Trinajstić information content (AvgIpc) is 2.74. The van der Waals surface area contributed by atoms with Gasteiger partial charge in [0.1, 0.15) is 6.04 Å². The molecule has 0 saturated heterocycles. The van der Waals surface area contributed by atoms with Gasteiger partial charge in [0.25, 0.3) is 0 Å². The fourth-order valence-corrected chi connectivity index (χ4v) is 3.70. The van der Waals surface area contributed by atoms with Gasteiger partial charge in [0.05, 0.1) is 6.04 Å². The minimum atomic E-state index is -0.186. The van der Waals surface area contributed by atoms with Crippen LogP contribution in [0.1, 0.15) is 26.2 Å². The Kier molecular flexibility index (Phi) is 3.97. The first-order valence-electron chi connectivity index (χ1n) is 6.26. The molecule has 17 heavy (non-hydrogen) atoms. The number of fused-ring (bicyclic) bond motifs is 1. The smallest absolute Gasteiger partial charge is 0.244 e. The third kappa shape index (κ3) is 2.94. The summed E-state index contributed by atoms with van der Waals surface area (Å²) in [5.41, 5.74) is 0. The Morgan fingerprint density at radius 3 is 3.00 bits per heavy atom. The predicted octanol–water partition coefficient (Wildman–Crippen LogP) is 1.32. The quantitative estimate of drug-likeness (QED) is 0.809. The zero-order valence-corrected chi connectivity index (χ0v) is 11.6. The Hall–Kier alpha value is -0.710. The number of rotatable bonds is 2. The maximum Gasteiger partial charge on any atom is 0.244 e. The Bertz CT molecular complexity index is 330. The Morgan fingerprint density at radius 2 is 2.29 bits per heavy atom.